The summed E-state index contributed by atoms with van der Waals surface area (Å²) < 4.78 is 24.7. The number of carbonyl (C=O) groups excluding carboxylic acids is 1. The Morgan fingerprint density at radius 2 is 1.93 bits per heavy atom. The molecule has 1 fully saturated rings. The fourth-order valence-electron chi connectivity index (χ4n) is 2.67. The predicted octanol–water partition coefficient (Wildman–Crippen LogP) is 5.07. The van der Waals surface area contributed by atoms with Crippen LogP contribution in [0.25, 0.3) is 6.08 Å². The van der Waals surface area contributed by atoms with E-state index in [4.69, 9.17) is 9.47 Å². The van der Waals surface area contributed by atoms with E-state index in [0.29, 0.717) is 33.8 Å². The summed E-state index contributed by atoms with van der Waals surface area (Å²) in [7, 11) is 3.17. The van der Waals surface area contributed by atoms with Crippen molar-refractivity contribution in [2.45, 2.75) is 6.92 Å². The fourth-order valence-corrected chi connectivity index (χ4v) is 4.58. The van der Waals surface area contributed by atoms with Gasteiger partial charge in [-0.05, 0) is 89.3 Å². The molecular formula is C20H18FIN2O3S. The summed E-state index contributed by atoms with van der Waals surface area (Å²) in [6, 6.07) is 9.61. The van der Waals surface area contributed by atoms with E-state index in [1.165, 1.54) is 23.9 Å². The van der Waals surface area contributed by atoms with Gasteiger partial charge in [-0.1, -0.05) is 0 Å². The number of halogens is 2. The Labute approximate surface area is 180 Å². The molecule has 5 nitrogen and oxygen atoms in total. The number of benzene rings is 2. The van der Waals surface area contributed by atoms with Gasteiger partial charge in [-0.2, -0.15) is 0 Å². The van der Waals surface area contributed by atoms with E-state index in [-0.39, 0.29) is 11.7 Å². The molecule has 146 valence electrons. The van der Waals surface area contributed by atoms with Gasteiger partial charge in [0.2, 0.25) is 0 Å². The molecule has 8 heteroatoms. The lowest BCUT2D eigenvalue weighted by molar-refractivity contribution is -0.122. The molecule has 28 heavy (non-hydrogen) atoms. The Kier molecular flexibility index (Phi) is 6.61. The number of thioether (sulfide) groups is 1. The van der Waals surface area contributed by atoms with Crippen LogP contribution in [0.2, 0.25) is 0 Å². The lowest BCUT2D eigenvalue weighted by atomic mass is 10.2. The van der Waals surface area contributed by atoms with Crippen molar-refractivity contribution in [2.24, 2.45) is 4.99 Å². The van der Waals surface area contributed by atoms with Gasteiger partial charge in [0, 0.05) is 6.54 Å². The van der Waals surface area contributed by atoms with Gasteiger partial charge in [0.05, 0.1) is 28.4 Å². The number of nitrogens with zero attached hydrogens (tertiary/aromatic N) is 2. The summed E-state index contributed by atoms with van der Waals surface area (Å²) in [5.41, 5.74) is 1.43. The van der Waals surface area contributed by atoms with Gasteiger partial charge in [0.25, 0.3) is 5.91 Å². The average molecular weight is 512 g/mol. The summed E-state index contributed by atoms with van der Waals surface area (Å²) in [6.07, 6.45) is 1.81. The Bertz CT molecular complexity index is 961. The molecule has 0 bridgehead atoms. The highest BCUT2D eigenvalue weighted by atomic mass is 127. The number of amides is 1. The molecule has 0 unspecified atom stereocenters. The molecule has 0 radical (unpaired) electrons. The normalized spacial score (nSPS) is 16.9. The first kappa shape index (κ1) is 20.7. The third kappa shape index (κ3) is 4.33. The Balaban J connectivity index is 1.96. The van der Waals surface area contributed by atoms with Crippen LogP contribution in [0.1, 0.15) is 12.5 Å². The highest BCUT2D eigenvalue weighted by molar-refractivity contribution is 14.1. The third-order valence-corrected chi connectivity index (χ3v) is 5.82. The molecule has 1 amide bonds. The van der Waals surface area contributed by atoms with Gasteiger partial charge in [0.1, 0.15) is 5.82 Å². The van der Waals surface area contributed by atoms with Crippen LogP contribution in [-0.4, -0.2) is 36.7 Å². The van der Waals surface area contributed by atoms with Crippen LogP contribution in [0.5, 0.6) is 11.5 Å². The van der Waals surface area contributed by atoms with Crippen LogP contribution in [0, 0.1) is 9.39 Å². The van der Waals surface area contributed by atoms with E-state index >= 15 is 0 Å². The predicted molar refractivity (Wildman–Crippen MR) is 119 cm³/mol. The number of amidine groups is 1. The Morgan fingerprint density at radius 1 is 1.21 bits per heavy atom. The summed E-state index contributed by atoms with van der Waals surface area (Å²) >= 11 is 3.46. The zero-order chi connectivity index (χ0) is 20.3. The van der Waals surface area contributed by atoms with Crippen molar-refractivity contribution in [3.05, 3.63) is 56.3 Å². The SMILES string of the molecule is CCN1C(=O)/C(=C\c2cc(I)c(OC)c(OC)c2)SC1=Nc1ccc(F)cc1. The summed E-state index contributed by atoms with van der Waals surface area (Å²) in [4.78, 5) is 19.5. The number of carbonyl (C=O) groups is 1. The summed E-state index contributed by atoms with van der Waals surface area (Å²) in [6.45, 7) is 2.38. The van der Waals surface area contributed by atoms with Gasteiger partial charge in [-0.15, -0.1) is 0 Å². The molecule has 0 N–H and O–H groups in total. The van der Waals surface area contributed by atoms with E-state index in [9.17, 15) is 9.18 Å². The summed E-state index contributed by atoms with van der Waals surface area (Å²) in [5, 5.41) is 0.570. The van der Waals surface area contributed by atoms with Crippen molar-refractivity contribution in [3.63, 3.8) is 0 Å². The zero-order valence-corrected chi connectivity index (χ0v) is 18.5. The fraction of sp³-hybridized carbons (Fsp3) is 0.200. The second-order valence-electron chi connectivity index (χ2n) is 5.77. The number of rotatable bonds is 5. The van der Waals surface area contributed by atoms with Crippen molar-refractivity contribution in [3.8, 4) is 11.5 Å². The molecule has 0 spiro atoms. The smallest absolute Gasteiger partial charge is 0.266 e. The first-order chi connectivity index (χ1) is 13.5. The van der Waals surface area contributed by atoms with E-state index in [1.807, 2.05) is 25.1 Å². The maximum atomic E-state index is 13.1. The highest BCUT2D eigenvalue weighted by Crippen LogP contribution is 2.37. The van der Waals surface area contributed by atoms with Crippen LogP contribution in [0.15, 0.2) is 46.3 Å². The number of likely N-dealkylation sites (N-methyl/N-ethyl adjacent to an activating group) is 1. The maximum absolute atomic E-state index is 13.1. The molecule has 0 aliphatic carbocycles. The molecule has 0 saturated carbocycles. The van der Waals surface area contributed by atoms with Crippen LogP contribution < -0.4 is 9.47 Å². The first-order valence-electron chi connectivity index (χ1n) is 8.44. The number of methoxy groups -OCH3 is 2. The third-order valence-electron chi connectivity index (χ3n) is 4.01. The molecular weight excluding hydrogens is 494 g/mol. The molecule has 1 heterocycles. The topological polar surface area (TPSA) is 51.1 Å². The zero-order valence-electron chi connectivity index (χ0n) is 15.5. The summed E-state index contributed by atoms with van der Waals surface area (Å²) in [5.74, 6) is 0.821. The van der Waals surface area contributed by atoms with E-state index < -0.39 is 0 Å². The number of aliphatic imine (C=N–C) groups is 1. The largest absolute Gasteiger partial charge is 0.493 e. The average Bonchev–Trinajstić information content (AvgIpc) is 2.97. The van der Waals surface area contributed by atoms with Crippen molar-refractivity contribution < 1.29 is 18.7 Å². The number of hydrogen-bond acceptors (Lipinski definition) is 5. The highest BCUT2D eigenvalue weighted by Gasteiger charge is 2.32. The van der Waals surface area contributed by atoms with Crippen LogP contribution in [-0.2, 0) is 4.79 Å². The molecule has 2 aromatic carbocycles. The van der Waals surface area contributed by atoms with E-state index in [2.05, 4.69) is 27.6 Å². The van der Waals surface area contributed by atoms with Gasteiger partial charge in [-0.25, -0.2) is 9.38 Å². The maximum Gasteiger partial charge on any atom is 0.266 e. The van der Waals surface area contributed by atoms with E-state index in [0.717, 1.165) is 9.13 Å². The number of hydrogen-bond donors (Lipinski definition) is 0. The molecule has 1 saturated heterocycles. The van der Waals surface area contributed by atoms with Gasteiger partial charge in [-0.3, -0.25) is 9.69 Å². The van der Waals surface area contributed by atoms with E-state index in [1.54, 1.807) is 31.3 Å². The molecule has 1 aliphatic rings. The lowest BCUT2D eigenvalue weighted by Crippen LogP contribution is -2.28. The van der Waals surface area contributed by atoms with Gasteiger partial charge in [0.15, 0.2) is 16.7 Å². The minimum absolute atomic E-state index is 0.113. The number of ether oxygens (including phenoxy) is 2. The van der Waals surface area contributed by atoms with Crippen molar-refractivity contribution >= 4 is 57.2 Å². The molecule has 3 rings (SSSR count). The van der Waals surface area contributed by atoms with Crippen LogP contribution in [0.3, 0.4) is 0 Å². The molecule has 0 aromatic heterocycles. The second-order valence-corrected chi connectivity index (χ2v) is 7.94. The minimum Gasteiger partial charge on any atom is -0.493 e. The molecule has 1 aliphatic heterocycles. The molecule has 0 atom stereocenters. The van der Waals surface area contributed by atoms with Crippen molar-refractivity contribution in [2.75, 3.05) is 20.8 Å². The first-order valence-corrected chi connectivity index (χ1v) is 10.3. The monoisotopic (exact) mass is 512 g/mol. The van der Waals surface area contributed by atoms with Crippen LogP contribution >= 0.6 is 34.4 Å². The van der Waals surface area contributed by atoms with Crippen LogP contribution in [0.4, 0.5) is 10.1 Å². The minimum atomic E-state index is -0.324. The lowest BCUT2D eigenvalue weighted by Gasteiger charge is -2.12. The van der Waals surface area contributed by atoms with Gasteiger partial charge < -0.3 is 9.47 Å². The van der Waals surface area contributed by atoms with Crippen molar-refractivity contribution in [1.82, 2.24) is 4.90 Å². The second kappa shape index (κ2) is 8.95. The Hall–Kier alpha value is -2.07. The molecule has 2 aromatic rings. The standard InChI is InChI=1S/C20H18FIN2O3S/c1-4-24-19(25)17(28-20(24)23-14-7-5-13(21)6-8-14)11-12-9-15(22)18(27-3)16(10-12)26-2/h5-11H,4H2,1-3H3/b17-11+,23-20?. The van der Waals surface area contributed by atoms with Gasteiger partial charge >= 0.3 is 0 Å². The Morgan fingerprint density at radius 3 is 2.54 bits per heavy atom. The quantitative estimate of drug-likeness (QED) is 0.415. The van der Waals surface area contributed by atoms with Crippen molar-refractivity contribution in [1.29, 1.82) is 0 Å².